The lowest BCUT2D eigenvalue weighted by Crippen LogP contribution is -2.41. The van der Waals surface area contributed by atoms with E-state index in [0.717, 1.165) is 22.6 Å². The second kappa shape index (κ2) is 14.6. The fourth-order valence-corrected chi connectivity index (χ4v) is 6.62. The summed E-state index contributed by atoms with van der Waals surface area (Å²) in [4.78, 5) is 13.3. The lowest BCUT2D eigenvalue weighted by atomic mass is 9.87. The summed E-state index contributed by atoms with van der Waals surface area (Å²) in [7, 11) is -2.38. The number of carbonyl (C=O) groups is 1. The van der Waals surface area contributed by atoms with Crippen LogP contribution in [0.3, 0.4) is 0 Å². The van der Waals surface area contributed by atoms with Crippen LogP contribution in [0.5, 0.6) is 5.75 Å². The first-order valence-electron chi connectivity index (χ1n) is 15.5. The van der Waals surface area contributed by atoms with E-state index < -0.39 is 22.0 Å². The summed E-state index contributed by atoms with van der Waals surface area (Å²) in [6.07, 6.45) is 3.70. The molecule has 0 unspecified atom stereocenters. The monoisotopic (exact) mass is 646 g/mol. The van der Waals surface area contributed by atoms with Gasteiger partial charge in [0.25, 0.3) is 0 Å². The number of rotatable bonds is 14. The number of methoxy groups -OCH3 is 1. The highest BCUT2D eigenvalue weighted by atomic mass is 32.1. The number of allylic oxidation sites excluding steroid dienone is 2. The summed E-state index contributed by atoms with van der Waals surface area (Å²) in [6.45, 7) is 30.4. The average molecular weight is 647 g/mol. The van der Waals surface area contributed by atoms with Gasteiger partial charge in [-0.1, -0.05) is 60.6 Å². The van der Waals surface area contributed by atoms with Gasteiger partial charge in [-0.25, -0.2) is 0 Å². The third-order valence-corrected chi connectivity index (χ3v) is 19.2. The molecule has 0 radical (unpaired) electrons. The van der Waals surface area contributed by atoms with Crippen molar-refractivity contribution in [2.24, 2.45) is 5.41 Å². The van der Waals surface area contributed by atoms with Gasteiger partial charge in [-0.15, -0.1) is 11.3 Å². The summed E-state index contributed by atoms with van der Waals surface area (Å²) in [5, 5.41) is 2.47. The molecule has 242 valence electrons. The molecule has 1 heterocycles. The molecule has 0 spiro atoms. The molecule has 0 aliphatic carbocycles. The van der Waals surface area contributed by atoms with Crippen molar-refractivity contribution in [3.63, 3.8) is 0 Å². The van der Waals surface area contributed by atoms with Crippen LogP contribution in [-0.4, -0.2) is 29.7 Å². The van der Waals surface area contributed by atoms with E-state index in [0.29, 0.717) is 26.2 Å². The molecule has 0 amide bonds. The van der Waals surface area contributed by atoms with Crippen LogP contribution in [0.4, 0.5) is 0 Å². The first-order chi connectivity index (χ1) is 19.6. The maximum atomic E-state index is 12.1. The van der Waals surface area contributed by atoms with Gasteiger partial charge >= 0.3 is 5.97 Å². The third kappa shape index (κ3) is 10.4. The van der Waals surface area contributed by atoms with E-state index in [2.05, 4.69) is 110 Å². The fraction of sp³-hybridized carbons (Fsp3) is 0.629. The number of hydrogen-bond donors (Lipinski definition) is 0. The molecule has 0 aliphatic heterocycles. The molecule has 0 bridgehead atoms. The Labute approximate surface area is 268 Å². The van der Waals surface area contributed by atoms with Crippen LogP contribution in [0, 0.1) is 5.41 Å². The van der Waals surface area contributed by atoms with Crippen LogP contribution in [-0.2, 0) is 38.2 Å². The van der Waals surface area contributed by atoms with Crippen molar-refractivity contribution in [1.82, 2.24) is 0 Å². The Morgan fingerprint density at radius 3 is 1.91 bits per heavy atom. The molecule has 0 aliphatic rings. The average Bonchev–Trinajstić information content (AvgIpc) is 3.37. The summed E-state index contributed by atoms with van der Waals surface area (Å²) in [6, 6.07) is 8.54. The predicted octanol–water partition coefficient (Wildman–Crippen LogP) is 10.8. The fourth-order valence-electron chi connectivity index (χ4n) is 3.90. The zero-order valence-corrected chi connectivity index (χ0v) is 32.3. The third-order valence-electron chi connectivity index (χ3n) is 9.35. The Morgan fingerprint density at radius 2 is 1.40 bits per heavy atom. The number of esters is 1. The predicted molar refractivity (Wildman–Crippen MR) is 188 cm³/mol. The highest BCUT2D eigenvalue weighted by Gasteiger charge is 2.38. The van der Waals surface area contributed by atoms with E-state index in [1.54, 1.807) is 11.3 Å². The zero-order chi connectivity index (χ0) is 32.9. The minimum Gasteiger partial charge on any atom is -0.488 e. The minimum absolute atomic E-state index is 0.136. The molecular weight excluding hydrogens is 589 g/mol. The largest absolute Gasteiger partial charge is 0.488 e. The molecule has 1 aromatic heterocycles. The number of benzene rings is 1. The standard InChI is InChI=1S/C35H58O5SSi2/c1-15-26(18-19-35(8,9)32(36)37-10)29-21-31(41-25-29)24-38-30-17-16-27(22-39-42(11,12)33(2,3)4)28(20-30)23-40-43(13,14)34(5,6)7/h16-18,20-21,25H,15,19,22-24H2,1-14H3/b26-18+. The van der Waals surface area contributed by atoms with Gasteiger partial charge in [0.2, 0.25) is 0 Å². The SMILES string of the molecule is CC/C(=C\CC(C)(C)C(=O)OC)c1csc(COc2ccc(CO[Si](C)(C)C(C)(C)C)c(CO[Si](C)(C)C(C)(C)C)c2)c1. The molecule has 5 nitrogen and oxygen atoms in total. The molecule has 0 saturated carbocycles. The van der Waals surface area contributed by atoms with Gasteiger partial charge < -0.3 is 18.3 Å². The number of ether oxygens (including phenoxy) is 2. The molecule has 0 atom stereocenters. The Bertz CT molecular complexity index is 1250. The van der Waals surface area contributed by atoms with E-state index in [9.17, 15) is 4.79 Å². The molecule has 2 aromatic rings. The van der Waals surface area contributed by atoms with E-state index in [-0.39, 0.29) is 16.0 Å². The van der Waals surface area contributed by atoms with Gasteiger partial charge in [-0.3, -0.25) is 4.79 Å². The first kappa shape index (κ1) is 37.5. The minimum atomic E-state index is -1.93. The molecule has 8 heteroatoms. The normalized spacial score (nSPS) is 13.8. The molecule has 1 aromatic carbocycles. The van der Waals surface area contributed by atoms with E-state index >= 15 is 0 Å². The highest BCUT2D eigenvalue weighted by molar-refractivity contribution is 7.10. The van der Waals surface area contributed by atoms with Gasteiger partial charge in [0.05, 0.1) is 25.7 Å². The lowest BCUT2D eigenvalue weighted by Gasteiger charge is -2.37. The van der Waals surface area contributed by atoms with Crippen molar-refractivity contribution < 1.29 is 23.1 Å². The maximum absolute atomic E-state index is 12.1. The van der Waals surface area contributed by atoms with Crippen LogP contribution in [0.25, 0.3) is 5.57 Å². The summed E-state index contributed by atoms with van der Waals surface area (Å²) >= 11 is 1.70. The van der Waals surface area contributed by atoms with Gasteiger partial charge in [-0.05, 0) is 109 Å². The summed E-state index contributed by atoms with van der Waals surface area (Å²) < 4.78 is 24.6. The first-order valence-corrected chi connectivity index (χ1v) is 22.2. The second-order valence-electron chi connectivity index (χ2n) is 15.3. The van der Waals surface area contributed by atoms with Crippen LogP contribution < -0.4 is 4.74 Å². The van der Waals surface area contributed by atoms with E-state index in [1.165, 1.54) is 23.8 Å². The summed E-state index contributed by atoms with van der Waals surface area (Å²) in [5.41, 5.74) is 4.17. The smallest absolute Gasteiger partial charge is 0.311 e. The van der Waals surface area contributed by atoms with Crippen LogP contribution >= 0.6 is 11.3 Å². The van der Waals surface area contributed by atoms with E-state index in [1.807, 2.05) is 13.8 Å². The van der Waals surface area contributed by atoms with Crippen LogP contribution in [0.15, 0.2) is 35.7 Å². The van der Waals surface area contributed by atoms with Crippen molar-refractivity contribution in [2.45, 2.75) is 131 Å². The van der Waals surface area contributed by atoms with Crippen molar-refractivity contribution in [2.75, 3.05) is 7.11 Å². The molecular formula is C35H58O5SSi2. The van der Waals surface area contributed by atoms with Crippen molar-refractivity contribution in [3.05, 3.63) is 57.3 Å². The van der Waals surface area contributed by atoms with Crippen LogP contribution in [0.1, 0.15) is 96.7 Å². The van der Waals surface area contributed by atoms with Crippen molar-refractivity contribution in [1.29, 1.82) is 0 Å². The van der Waals surface area contributed by atoms with E-state index in [4.69, 9.17) is 18.3 Å². The molecule has 0 fully saturated rings. The van der Waals surface area contributed by atoms with Gasteiger partial charge in [0.15, 0.2) is 16.6 Å². The van der Waals surface area contributed by atoms with Gasteiger partial charge in [-0.2, -0.15) is 0 Å². The molecule has 0 saturated heterocycles. The number of thiophene rings is 1. The Hall–Kier alpha value is -1.72. The molecule has 43 heavy (non-hydrogen) atoms. The molecule has 0 N–H and O–H groups in total. The highest BCUT2D eigenvalue weighted by Crippen LogP contribution is 2.39. The number of carbonyl (C=O) groups excluding carboxylic acids is 1. The molecule has 2 rings (SSSR count). The second-order valence-corrected chi connectivity index (χ2v) is 25.9. The van der Waals surface area contributed by atoms with Crippen molar-refractivity contribution in [3.8, 4) is 5.75 Å². The Balaban J connectivity index is 2.23. The Morgan fingerprint density at radius 1 is 0.837 bits per heavy atom. The Kier molecular flexibility index (Phi) is 12.7. The van der Waals surface area contributed by atoms with Crippen molar-refractivity contribution >= 4 is 39.5 Å². The quantitative estimate of drug-likeness (QED) is 0.151. The summed E-state index contributed by atoms with van der Waals surface area (Å²) in [5.74, 6) is 0.649. The number of hydrogen-bond acceptors (Lipinski definition) is 6. The maximum Gasteiger partial charge on any atom is 0.311 e. The topological polar surface area (TPSA) is 54.0 Å². The zero-order valence-electron chi connectivity index (χ0n) is 29.4. The van der Waals surface area contributed by atoms with Gasteiger partial charge in [0.1, 0.15) is 12.4 Å². The van der Waals surface area contributed by atoms with Gasteiger partial charge in [0, 0.05) is 4.88 Å². The lowest BCUT2D eigenvalue weighted by molar-refractivity contribution is -0.150. The van der Waals surface area contributed by atoms with Crippen LogP contribution in [0.2, 0.25) is 36.3 Å².